The zero-order chi connectivity index (χ0) is 14.8. The van der Waals surface area contributed by atoms with E-state index in [1.165, 1.54) is 0 Å². The lowest BCUT2D eigenvalue weighted by Gasteiger charge is -2.32. The molecule has 2 fully saturated rings. The summed E-state index contributed by atoms with van der Waals surface area (Å²) in [6.07, 6.45) is 1.04. The van der Waals surface area contributed by atoms with Gasteiger partial charge in [-0.15, -0.1) is 0 Å². The summed E-state index contributed by atoms with van der Waals surface area (Å²) in [6, 6.07) is 5.81. The summed E-state index contributed by atoms with van der Waals surface area (Å²) >= 11 is 9.42. The number of likely N-dealkylation sites (tertiary alicyclic amines) is 1. The van der Waals surface area contributed by atoms with Gasteiger partial charge < -0.3 is 9.64 Å². The van der Waals surface area contributed by atoms with Crippen molar-refractivity contribution in [3.05, 3.63) is 33.3 Å². The summed E-state index contributed by atoms with van der Waals surface area (Å²) in [6.45, 7) is 5.14. The number of rotatable bonds is 2. The Labute approximate surface area is 138 Å². The van der Waals surface area contributed by atoms with Crippen LogP contribution in [0.3, 0.4) is 0 Å². The lowest BCUT2D eigenvalue weighted by molar-refractivity contribution is 0.0185. The van der Waals surface area contributed by atoms with Crippen LogP contribution in [0.4, 0.5) is 0 Å². The first-order valence-electron chi connectivity index (χ1n) is 7.20. The lowest BCUT2D eigenvalue weighted by Crippen LogP contribution is -2.45. The average molecular weight is 374 g/mol. The summed E-state index contributed by atoms with van der Waals surface area (Å²) in [7, 11) is 0. The SMILES string of the molecule is O=C(c1cc(Cl)cc(Br)c1)N1CCC(N2CCOCC2)C1. The van der Waals surface area contributed by atoms with E-state index >= 15 is 0 Å². The molecule has 1 aromatic rings. The molecule has 2 aliphatic rings. The van der Waals surface area contributed by atoms with Gasteiger partial charge in [0.25, 0.3) is 5.91 Å². The first kappa shape index (κ1) is 15.3. The lowest BCUT2D eigenvalue weighted by atomic mass is 10.2. The second-order valence-corrected chi connectivity index (χ2v) is 6.85. The van der Waals surface area contributed by atoms with Gasteiger partial charge in [-0.05, 0) is 24.6 Å². The Balaban J connectivity index is 1.66. The molecule has 21 heavy (non-hydrogen) atoms. The summed E-state index contributed by atoms with van der Waals surface area (Å²) in [5.74, 6) is 0.0639. The monoisotopic (exact) mass is 372 g/mol. The number of ether oxygens (including phenoxy) is 1. The molecule has 1 amide bonds. The molecule has 1 atom stereocenters. The first-order chi connectivity index (χ1) is 10.1. The number of morpholine rings is 1. The summed E-state index contributed by atoms with van der Waals surface area (Å²) in [5, 5.41) is 0.580. The maximum atomic E-state index is 12.6. The van der Waals surface area contributed by atoms with E-state index in [2.05, 4.69) is 20.8 Å². The van der Waals surface area contributed by atoms with Crippen molar-refractivity contribution < 1.29 is 9.53 Å². The summed E-state index contributed by atoms with van der Waals surface area (Å²) < 4.78 is 6.22. The van der Waals surface area contributed by atoms with Crippen molar-refractivity contribution in [2.75, 3.05) is 39.4 Å². The zero-order valence-corrected chi connectivity index (χ0v) is 14.1. The molecule has 0 aromatic heterocycles. The first-order valence-corrected chi connectivity index (χ1v) is 8.38. The van der Waals surface area contributed by atoms with E-state index in [1.807, 2.05) is 11.0 Å². The standard InChI is InChI=1S/C15H18BrClN2O2/c16-12-7-11(8-13(17)9-12)15(20)19-2-1-14(10-19)18-3-5-21-6-4-18/h7-9,14H,1-6,10H2. The highest BCUT2D eigenvalue weighted by Gasteiger charge is 2.31. The van der Waals surface area contributed by atoms with Crippen LogP contribution in [0, 0.1) is 0 Å². The average Bonchev–Trinajstić information content (AvgIpc) is 2.96. The van der Waals surface area contributed by atoms with Crippen LogP contribution in [0.15, 0.2) is 22.7 Å². The maximum Gasteiger partial charge on any atom is 0.253 e. The van der Waals surface area contributed by atoms with Gasteiger partial charge in [-0.3, -0.25) is 9.69 Å². The van der Waals surface area contributed by atoms with Crippen LogP contribution in [0.25, 0.3) is 0 Å². The highest BCUT2D eigenvalue weighted by atomic mass is 79.9. The quantitative estimate of drug-likeness (QED) is 0.799. The van der Waals surface area contributed by atoms with E-state index < -0.39 is 0 Å². The summed E-state index contributed by atoms with van der Waals surface area (Å²) in [5.41, 5.74) is 0.650. The third-order valence-corrected chi connectivity index (χ3v) is 4.80. The highest BCUT2D eigenvalue weighted by Crippen LogP contribution is 2.23. The topological polar surface area (TPSA) is 32.8 Å². The number of carbonyl (C=O) groups excluding carboxylic acids is 1. The van der Waals surface area contributed by atoms with Crippen molar-refractivity contribution in [3.63, 3.8) is 0 Å². The molecule has 2 aliphatic heterocycles. The van der Waals surface area contributed by atoms with Crippen LogP contribution in [-0.4, -0.2) is 61.1 Å². The Kier molecular flexibility index (Phi) is 4.84. The van der Waals surface area contributed by atoms with Gasteiger partial charge >= 0.3 is 0 Å². The third kappa shape index (κ3) is 3.59. The van der Waals surface area contributed by atoms with Crippen LogP contribution < -0.4 is 0 Å². The number of benzene rings is 1. The van der Waals surface area contributed by atoms with E-state index in [9.17, 15) is 4.79 Å². The largest absolute Gasteiger partial charge is 0.379 e. The van der Waals surface area contributed by atoms with Crippen LogP contribution in [-0.2, 0) is 4.74 Å². The smallest absolute Gasteiger partial charge is 0.253 e. The molecule has 0 radical (unpaired) electrons. The number of halogens is 2. The van der Waals surface area contributed by atoms with Gasteiger partial charge in [-0.25, -0.2) is 0 Å². The van der Waals surface area contributed by atoms with Gasteiger partial charge in [0.05, 0.1) is 13.2 Å². The van der Waals surface area contributed by atoms with Crippen LogP contribution in [0.5, 0.6) is 0 Å². The molecule has 0 N–H and O–H groups in total. The fourth-order valence-electron chi connectivity index (χ4n) is 3.03. The molecule has 0 aliphatic carbocycles. The highest BCUT2D eigenvalue weighted by molar-refractivity contribution is 9.10. The van der Waals surface area contributed by atoms with Crippen LogP contribution in [0.2, 0.25) is 5.02 Å². The molecule has 1 aromatic carbocycles. The normalized spacial score (nSPS) is 23.5. The second kappa shape index (κ2) is 6.65. The molecular weight excluding hydrogens is 356 g/mol. The van der Waals surface area contributed by atoms with E-state index in [-0.39, 0.29) is 5.91 Å². The molecule has 0 bridgehead atoms. The van der Waals surface area contributed by atoms with E-state index in [0.717, 1.165) is 50.3 Å². The number of carbonyl (C=O) groups is 1. The number of nitrogens with zero attached hydrogens (tertiary/aromatic N) is 2. The third-order valence-electron chi connectivity index (χ3n) is 4.12. The Morgan fingerprint density at radius 1 is 1.24 bits per heavy atom. The van der Waals surface area contributed by atoms with Gasteiger partial charge in [0.2, 0.25) is 0 Å². The number of hydrogen-bond donors (Lipinski definition) is 0. The van der Waals surface area contributed by atoms with Crippen molar-refractivity contribution in [1.82, 2.24) is 9.80 Å². The fraction of sp³-hybridized carbons (Fsp3) is 0.533. The van der Waals surface area contributed by atoms with Crippen molar-refractivity contribution in [2.24, 2.45) is 0 Å². The predicted octanol–water partition coefficient (Wildman–Crippen LogP) is 2.65. The fourth-order valence-corrected chi connectivity index (χ4v) is 3.89. The van der Waals surface area contributed by atoms with Gasteiger partial charge in [0.1, 0.15) is 0 Å². The Morgan fingerprint density at radius 3 is 2.71 bits per heavy atom. The van der Waals surface area contributed by atoms with E-state index in [0.29, 0.717) is 16.6 Å². The minimum Gasteiger partial charge on any atom is -0.379 e. The molecule has 1 unspecified atom stereocenters. The molecule has 6 heteroatoms. The second-order valence-electron chi connectivity index (χ2n) is 5.50. The Morgan fingerprint density at radius 2 is 2.00 bits per heavy atom. The minimum atomic E-state index is 0.0639. The van der Waals surface area contributed by atoms with Gasteiger partial charge in [0, 0.05) is 47.3 Å². The number of hydrogen-bond acceptors (Lipinski definition) is 3. The maximum absolute atomic E-state index is 12.6. The molecule has 0 saturated carbocycles. The van der Waals surface area contributed by atoms with Gasteiger partial charge in [-0.1, -0.05) is 27.5 Å². The predicted molar refractivity (Wildman–Crippen MR) is 85.9 cm³/mol. The molecule has 114 valence electrons. The van der Waals surface area contributed by atoms with Crippen molar-refractivity contribution in [3.8, 4) is 0 Å². The zero-order valence-electron chi connectivity index (χ0n) is 11.7. The van der Waals surface area contributed by atoms with Gasteiger partial charge in [-0.2, -0.15) is 0 Å². The molecular formula is C15H18BrClN2O2. The number of amides is 1. The van der Waals surface area contributed by atoms with E-state index in [4.69, 9.17) is 16.3 Å². The van der Waals surface area contributed by atoms with E-state index in [1.54, 1.807) is 12.1 Å². The molecule has 3 rings (SSSR count). The van der Waals surface area contributed by atoms with Crippen LogP contribution in [0.1, 0.15) is 16.8 Å². The van der Waals surface area contributed by atoms with Crippen LogP contribution >= 0.6 is 27.5 Å². The molecule has 4 nitrogen and oxygen atoms in total. The molecule has 0 spiro atoms. The van der Waals surface area contributed by atoms with Crippen molar-refractivity contribution >= 4 is 33.4 Å². The molecule has 2 saturated heterocycles. The Hall–Kier alpha value is -0.620. The Bertz CT molecular complexity index is 514. The summed E-state index contributed by atoms with van der Waals surface area (Å²) in [4.78, 5) is 16.9. The van der Waals surface area contributed by atoms with Crippen molar-refractivity contribution in [2.45, 2.75) is 12.5 Å². The minimum absolute atomic E-state index is 0.0639. The van der Waals surface area contributed by atoms with Gasteiger partial charge in [0.15, 0.2) is 0 Å². The van der Waals surface area contributed by atoms with Crippen molar-refractivity contribution in [1.29, 1.82) is 0 Å². The molecule has 2 heterocycles.